The third kappa shape index (κ3) is 4.35. The standard InChI is InChI=1S/C13H26N2/c1-11(2)13-5-4-7-15(8-6-13)10-12(3)9-14/h11,13H,3-10,14H2,1-2H3. The lowest BCUT2D eigenvalue weighted by Gasteiger charge is -2.21. The summed E-state index contributed by atoms with van der Waals surface area (Å²) in [7, 11) is 0. The van der Waals surface area contributed by atoms with E-state index < -0.39 is 0 Å². The summed E-state index contributed by atoms with van der Waals surface area (Å²) in [6.07, 6.45) is 4.07. The van der Waals surface area contributed by atoms with Crippen LogP contribution in [-0.2, 0) is 0 Å². The largest absolute Gasteiger partial charge is 0.327 e. The van der Waals surface area contributed by atoms with E-state index in [0.717, 1.165) is 24.0 Å². The molecule has 1 heterocycles. The lowest BCUT2D eigenvalue weighted by molar-refractivity contribution is 0.290. The lowest BCUT2D eigenvalue weighted by atomic mass is 9.89. The highest BCUT2D eigenvalue weighted by Gasteiger charge is 2.19. The van der Waals surface area contributed by atoms with Crippen molar-refractivity contribution in [1.29, 1.82) is 0 Å². The first kappa shape index (κ1) is 12.7. The van der Waals surface area contributed by atoms with Gasteiger partial charge in [0.1, 0.15) is 0 Å². The minimum Gasteiger partial charge on any atom is -0.327 e. The Balaban J connectivity index is 2.35. The van der Waals surface area contributed by atoms with Crippen LogP contribution >= 0.6 is 0 Å². The molecule has 1 aliphatic heterocycles. The van der Waals surface area contributed by atoms with Crippen LogP contribution in [0.4, 0.5) is 0 Å². The third-order valence-electron chi connectivity index (χ3n) is 3.54. The molecule has 0 spiro atoms. The van der Waals surface area contributed by atoms with E-state index >= 15 is 0 Å². The van der Waals surface area contributed by atoms with Crippen LogP contribution in [0.2, 0.25) is 0 Å². The number of nitrogens with zero attached hydrogens (tertiary/aromatic N) is 1. The molecule has 0 aliphatic carbocycles. The van der Waals surface area contributed by atoms with E-state index in [2.05, 4.69) is 25.3 Å². The highest BCUT2D eigenvalue weighted by atomic mass is 15.1. The van der Waals surface area contributed by atoms with Crippen LogP contribution in [0.15, 0.2) is 12.2 Å². The van der Waals surface area contributed by atoms with Crippen molar-refractivity contribution in [2.45, 2.75) is 33.1 Å². The number of rotatable bonds is 4. The van der Waals surface area contributed by atoms with Gasteiger partial charge < -0.3 is 5.73 Å². The molecule has 15 heavy (non-hydrogen) atoms. The topological polar surface area (TPSA) is 29.3 Å². The molecule has 1 rings (SSSR count). The summed E-state index contributed by atoms with van der Waals surface area (Å²) in [5, 5.41) is 0. The fourth-order valence-corrected chi connectivity index (χ4v) is 2.39. The minimum absolute atomic E-state index is 0.629. The van der Waals surface area contributed by atoms with Crippen molar-refractivity contribution in [2.75, 3.05) is 26.2 Å². The number of hydrogen-bond donors (Lipinski definition) is 1. The third-order valence-corrected chi connectivity index (χ3v) is 3.54. The van der Waals surface area contributed by atoms with Gasteiger partial charge in [-0.3, -0.25) is 4.90 Å². The van der Waals surface area contributed by atoms with Crippen LogP contribution in [0, 0.1) is 11.8 Å². The van der Waals surface area contributed by atoms with Crippen molar-refractivity contribution in [3.63, 3.8) is 0 Å². The van der Waals surface area contributed by atoms with Gasteiger partial charge in [-0.05, 0) is 49.8 Å². The fourth-order valence-electron chi connectivity index (χ4n) is 2.39. The van der Waals surface area contributed by atoms with Gasteiger partial charge in [0.05, 0.1) is 0 Å². The molecule has 2 nitrogen and oxygen atoms in total. The smallest absolute Gasteiger partial charge is 0.0202 e. The fraction of sp³-hybridized carbons (Fsp3) is 0.846. The van der Waals surface area contributed by atoms with Crippen molar-refractivity contribution in [3.8, 4) is 0 Å². The molecule has 2 heteroatoms. The Hall–Kier alpha value is -0.340. The molecule has 1 saturated heterocycles. The van der Waals surface area contributed by atoms with Gasteiger partial charge in [0, 0.05) is 13.1 Å². The highest BCUT2D eigenvalue weighted by Crippen LogP contribution is 2.24. The highest BCUT2D eigenvalue weighted by molar-refractivity contribution is 4.98. The maximum atomic E-state index is 5.58. The normalized spacial score (nSPS) is 24.1. The molecule has 0 saturated carbocycles. The Morgan fingerprint density at radius 1 is 1.40 bits per heavy atom. The van der Waals surface area contributed by atoms with E-state index in [-0.39, 0.29) is 0 Å². The quantitative estimate of drug-likeness (QED) is 0.721. The molecule has 0 aromatic rings. The van der Waals surface area contributed by atoms with E-state index in [0.29, 0.717) is 6.54 Å². The van der Waals surface area contributed by atoms with Gasteiger partial charge in [0.2, 0.25) is 0 Å². The molecular formula is C13H26N2. The first-order chi connectivity index (χ1) is 7.13. The zero-order valence-corrected chi connectivity index (χ0v) is 10.3. The van der Waals surface area contributed by atoms with Crippen LogP contribution in [0.5, 0.6) is 0 Å². The van der Waals surface area contributed by atoms with Gasteiger partial charge in [-0.1, -0.05) is 20.4 Å². The van der Waals surface area contributed by atoms with Crippen molar-refractivity contribution in [2.24, 2.45) is 17.6 Å². The SMILES string of the molecule is C=C(CN)CN1CCCC(C(C)C)CC1. The van der Waals surface area contributed by atoms with Crippen LogP contribution in [0.1, 0.15) is 33.1 Å². The minimum atomic E-state index is 0.629. The van der Waals surface area contributed by atoms with Gasteiger partial charge >= 0.3 is 0 Å². The number of hydrogen-bond acceptors (Lipinski definition) is 2. The van der Waals surface area contributed by atoms with E-state index in [1.54, 1.807) is 0 Å². The molecule has 0 aromatic heterocycles. The molecule has 0 bridgehead atoms. The Kier molecular flexibility index (Phi) is 5.34. The predicted molar refractivity (Wildman–Crippen MR) is 66.8 cm³/mol. The Bertz CT molecular complexity index is 199. The van der Waals surface area contributed by atoms with Crippen molar-refractivity contribution >= 4 is 0 Å². The van der Waals surface area contributed by atoms with E-state index in [1.165, 1.54) is 32.4 Å². The van der Waals surface area contributed by atoms with E-state index in [4.69, 9.17) is 5.73 Å². The molecule has 1 unspecified atom stereocenters. The summed E-state index contributed by atoms with van der Waals surface area (Å²) < 4.78 is 0. The summed E-state index contributed by atoms with van der Waals surface area (Å²) in [5.41, 5.74) is 6.74. The molecule has 1 fully saturated rings. The molecule has 1 aliphatic rings. The maximum absolute atomic E-state index is 5.58. The average molecular weight is 210 g/mol. The van der Waals surface area contributed by atoms with Gasteiger partial charge in [-0.25, -0.2) is 0 Å². The summed E-state index contributed by atoms with van der Waals surface area (Å²) in [4.78, 5) is 2.51. The second-order valence-corrected chi connectivity index (χ2v) is 5.17. The zero-order valence-electron chi connectivity index (χ0n) is 10.3. The summed E-state index contributed by atoms with van der Waals surface area (Å²) >= 11 is 0. The zero-order chi connectivity index (χ0) is 11.3. The lowest BCUT2D eigenvalue weighted by Crippen LogP contribution is -2.29. The molecule has 1 atom stereocenters. The maximum Gasteiger partial charge on any atom is 0.0202 e. The first-order valence-corrected chi connectivity index (χ1v) is 6.22. The predicted octanol–water partition coefficient (Wildman–Crippen LogP) is 2.26. The van der Waals surface area contributed by atoms with Crippen LogP contribution in [0.3, 0.4) is 0 Å². The first-order valence-electron chi connectivity index (χ1n) is 6.22. The summed E-state index contributed by atoms with van der Waals surface area (Å²) in [6.45, 7) is 12.8. The molecule has 0 amide bonds. The summed E-state index contributed by atoms with van der Waals surface area (Å²) in [6, 6.07) is 0. The summed E-state index contributed by atoms with van der Waals surface area (Å²) in [5.74, 6) is 1.75. The molecule has 0 radical (unpaired) electrons. The van der Waals surface area contributed by atoms with Gasteiger partial charge in [-0.15, -0.1) is 0 Å². The van der Waals surface area contributed by atoms with E-state index in [1.807, 2.05) is 0 Å². The average Bonchev–Trinajstić information content (AvgIpc) is 2.43. The Labute approximate surface area is 94.5 Å². The molecular weight excluding hydrogens is 184 g/mol. The Morgan fingerprint density at radius 3 is 2.73 bits per heavy atom. The molecule has 88 valence electrons. The van der Waals surface area contributed by atoms with Crippen LogP contribution in [-0.4, -0.2) is 31.1 Å². The monoisotopic (exact) mass is 210 g/mol. The van der Waals surface area contributed by atoms with Crippen LogP contribution in [0.25, 0.3) is 0 Å². The molecule has 2 N–H and O–H groups in total. The van der Waals surface area contributed by atoms with Gasteiger partial charge in [-0.2, -0.15) is 0 Å². The number of likely N-dealkylation sites (tertiary alicyclic amines) is 1. The van der Waals surface area contributed by atoms with Crippen molar-refractivity contribution < 1.29 is 0 Å². The van der Waals surface area contributed by atoms with Gasteiger partial charge in [0.25, 0.3) is 0 Å². The van der Waals surface area contributed by atoms with Crippen molar-refractivity contribution in [3.05, 3.63) is 12.2 Å². The van der Waals surface area contributed by atoms with Crippen LogP contribution < -0.4 is 5.73 Å². The van der Waals surface area contributed by atoms with Gasteiger partial charge in [0.15, 0.2) is 0 Å². The second-order valence-electron chi connectivity index (χ2n) is 5.17. The van der Waals surface area contributed by atoms with Crippen molar-refractivity contribution in [1.82, 2.24) is 4.90 Å². The number of nitrogens with two attached hydrogens (primary N) is 1. The molecule has 0 aromatic carbocycles. The van der Waals surface area contributed by atoms with E-state index in [9.17, 15) is 0 Å². The Morgan fingerprint density at radius 2 is 2.13 bits per heavy atom. The second kappa shape index (κ2) is 6.29.